The van der Waals surface area contributed by atoms with Crippen LogP contribution in [0.15, 0.2) is 0 Å². The first-order valence-corrected chi connectivity index (χ1v) is 6.82. The molecule has 0 aromatic rings. The minimum Gasteiger partial charge on any atom is -0.481 e. The van der Waals surface area contributed by atoms with Gasteiger partial charge in [-0.2, -0.15) is 0 Å². The van der Waals surface area contributed by atoms with E-state index in [2.05, 4.69) is 4.72 Å². The van der Waals surface area contributed by atoms with Crippen LogP contribution in [0.4, 0.5) is 0 Å². The third-order valence-corrected chi connectivity index (χ3v) is 4.26. The van der Waals surface area contributed by atoms with Crippen molar-refractivity contribution in [1.29, 1.82) is 0 Å². The van der Waals surface area contributed by atoms with Gasteiger partial charge in [0.1, 0.15) is 0 Å². The Kier molecular flexibility index (Phi) is 4.10. The first-order valence-electron chi connectivity index (χ1n) is 5.17. The first-order chi connectivity index (χ1) is 6.94. The molecule has 0 bridgehead atoms. The van der Waals surface area contributed by atoms with Crippen molar-refractivity contribution in [3.8, 4) is 0 Å². The summed E-state index contributed by atoms with van der Waals surface area (Å²) in [7, 11) is -3.15. The van der Waals surface area contributed by atoms with E-state index >= 15 is 0 Å². The molecule has 0 spiro atoms. The molecule has 1 saturated carbocycles. The van der Waals surface area contributed by atoms with Crippen molar-refractivity contribution >= 4 is 16.0 Å². The van der Waals surface area contributed by atoms with Gasteiger partial charge in [-0.1, -0.05) is 0 Å². The van der Waals surface area contributed by atoms with E-state index in [4.69, 9.17) is 5.11 Å². The number of carboxylic acids is 1. The summed E-state index contributed by atoms with van der Waals surface area (Å²) in [5, 5.41) is 8.76. The highest BCUT2D eigenvalue weighted by atomic mass is 32.2. The SMILES string of the molecule is CCS(=O)(=O)N[C@H]1CC[C@H](C(=O)O)CC1. The molecule has 88 valence electrons. The largest absolute Gasteiger partial charge is 0.481 e. The molecular formula is C9H17NO4S. The van der Waals surface area contributed by atoms with Gasteiger partial charge in [-0.25, -0.2) is 13.1 Å². The summed E-state index contributed by atoms with van der Waals surface area (Å²) in [6.45, 7) is 1.59. The molecule has 1 rings (SSSR count). The van der Waals surface area contributed by atoms with Gasteiger partial charge in [0.15, 0.2) is 0 Å². The van der Waals surface area contributed by atoms with Crippen molar-refractivity contribution in [3.63, 3.8) is 0 Å². The van der Waals surface area contributed by atoms with Gasteiger partial charge >= 0.3 is 5.97 Å². The van der Waals surface area contributed by atoms with Crippen molar-refractivity contribution in [1.82, 2.24) is 4.72 Å². The smallest absolute Gasteiger partial charge is 0.306 e. The van der Waals surface area contributed by atoms with Gasteiger partial charge < -0.3 is 5.11 Å². The van der Waals surface area contributed by atoms with Crippen LogP contribution in [-0.4, -0.2) is 31.3 Å². The first kappa shape index (κ1) is 12.4. The van der Waals surface area contributed by atoms with Gasteiger partial charge in [0.2, 0.25) is 10.0 Å². The molecule has 1 fully saturated rings. The third-order valence-electron chi connectivity index (χ3n) is 2.80. The second-order valence-electron chi connectivity index (χ2n) is 3.91. The van der Waals surface area contributed by atoms with Crippen molar-refractivity contribution in [3.05, 3.63) is 0 Å². The number of carboxylic acid groups (broad SMARTS) is 1. The minimum atomic E-state index is -3.15. The summed E-state index contributed by atoms with van der Waals surface area (Å²) in [6.07, 6.45) is 2.37. The maximum Gasteiger partial charge on any atom is 0.306 e. The van der Waals surface area contributed by atoms with E-state index in [0.29, 0.717) is 25.7 Å². The molecule has 6 heteroatoms. The number of aliphatic carboxylic acids is 1. The highest BCUT2D eigenvalue weighted by Gasteiger charge is 2.27. The Hall–Kier alpha value is -0.620. The maximum atomic E-state index is 11.3. The molecule has 0 aliphatic heterocycles. The highest BCUT2D eigenvalue weighted by Crippen LogP contribution is 2.24. The zero-order chi connectivity index (χ0) is 11.5. The monoisotopic (exact) mass is 235 g/mol. The van der Waals surface area contributed by atoms with Crippen LogP contribution in [0, 0.1) is 5.92 Å². The standard InChI is InChI=1S/C9H17NO4S/c1-2-15(13,14)10-8-5-3-7(4-6-8)9(11)12/h7-8,10H,2-6H2,1H3,(H,11,12)/t7-,8-. The normalized spacial score (nSPS) is 27.5. The number of rotatable bonds is 4. The predicted molar refractivity (Wildman–Crippen MR) is 56.0 cm³/mol. The lowest BCUT2D eigenvalue weighted by Crippen LogP contribution is -2.39. The Morgan fingerprint density at radius 1 is 1.33 bits per heavy atom. The summed E-state index contributed by atoms with van der Waals surface area (Å²) in [4.78, 5) is 10.7. The molecule has 0 atom stereocenters. The molecule has 1 aliphatic rings. The molecule has 0 aromatic carbocycles. The molecule has 0 aromatic heterocycles. The van der Waals surface area contributed by atoms with Crippen LogP contribution in [0.2, 0.25) is 0 Å². The van der Waals surface area contributed by atoms with Crippen molar-refractivity contribution in [2.45, 2.75) is 38.6 Å². The number of hydrogen-bond acceptors (Lipinski definition) is 3. The molecular weight excluding hydrogens is 218 g/mol. The lowest BCUT2D eigenvalue weighted by atomic mass is 9.87. The molecule has 2 N–H and O–H groups in total. The Morgan fingerprint density at radius 2 is 1.87 bits per heavy atom. The lowest BCUT2D eigenvalue weighted by molar-refractivity contribution is -0.142. The summed E-state index contributed by atoms with van der Waals surface area (Å²) >= 11 is 0. The lowest BCUT2D eigenvalue weighted by Gasteiger charge is -2.26. The molecule has 0 amide bonds. The second-order valence-corrected chi connectivity index (χ2v) is 5.95. The molecule has 0 radical (unpaired) electrons. The van der Waals surface area contributed by atoms with Crippen molar-refractivity contribution < 1.29 is 18.3 Å². The van der Waals surface area contributed by atoms with Crippen LogP contribution in [0.25, 0.3) is 0 Å². The summed E-state index contributed by atoms with van der Waals surface area (Å²) < 4.78 is 25.1. The molecule has 1 aliphatic carbocycles. The van der Waals surface area contributed by atoms with Crippen molar-refractivity contribution in [2.75, 3.05) is 5.75 Å². The third kappa shape index (κ3) is 3.79. The predicted octanol–water partition coefficient (Wildman–Crippen LogP) is 0.569. The van der Waals surface area contributed by atoms with E-state index in [-0.39, 0.29) is 17.7 Å². The zero-order valence-corrected chi connectivity index (χ0v) is 9.59. The van der Waals surface area contributed by atoms with Gasteiger partial charge in [0.05, 0.1) is 11.7 Å². The summed E-state index contributed by atoms with van der Waals surface area (Å²) in [5.41, 5.74) is 0. The zero-order valence-electron chi connectivity index (χ0n) is 8.77. The summed E-state index contributed by atoms with van der Waals surface area (Å²) in [5.74, 6) is -0.995. The Bertz CT molecular complexity index is 317. The van der Waals surface area contributed by atoms with Crippen LogP contribution in [0.5, 0.6) is 0 Å². The van der Waals surface area contributed by atoms with Crippen LogP contribution in [0.1, 0.15) is 32.6 Å². The van der Waals surface area contributed by atoms with Crippen molar-refractivity contribution in [2.24, 2.45) is 5.92 Å². The highest BCUT2D eigenvalue weighted by molar-refractivity contribution is 7.89. The van der Waals surface area contributed by atoms with E-state index in [1.165, 1.54) is 0 Å². The van der Waals surface area contributed by atoms with Crippen LogP contribution in [-0.2, 0) is 14.8 Å². The Balaban J connectivity index is 2.42. The van der Waals surface area contributed by atoms with Gasteiger partial charge in [0.25, 0.3) is 0 Å². The van der Waals surface area contributed by atoms with Crippen LogP contribution < -0.4 is 4.72 Å². The van der Waals surface area contributed by atoms with E-state index in [9.17, 15) is 13.2 Å². The number of hydrogen-bond donors (Lipinski definition) is 2. The average Bonchev–Trinajstić information content (AvgIpc) is 2.18. The van der Waals surface area contributed by atoms with Gasteiger partial charge in [-0.15, -0.1) is 0 Å². The van der Waals surface area contributed by atoms with E-state index in [0.717, 1.165) is 0 Å². The van der Waals surface area contributed by atoms with E-state index in [1.54, 1.807) is 6.92 Å². The molecule has 5 nitrogen and oxygen atoms in total. The fourth-order valence-electron chi connectivity index (χ4n) is 1.80. The Morgan fingerprint density at radius 3 is 2.27 bits per heavy atom. The average molecular weight is 235 g/mol. The molecule has 0 unspecified atom stereocenters. The van der Waals surface area contributed by atoms with Gasteiger partial charge in [0, 0.05) is 6.04 Å². The number of nitrogens with one attached hydrogen (secondary N) is 1. The van der Waals surface area contributed by atoms with E-state index in [1.807, 2.05) is 0 Å². The quantitative estimate of drug-likeness (QED) is 0.746. The molecule has 0 heterocycles. The van der Waals surface area contributed by atoms with Crippen LogP contribution >= 0.6 is 0 Å². The fourth-order valence-corrected chi connectivity index (χ4v) is 2.71. The molecule has 0 saturated heterocycles. The van der Waals surface area contributed by atoms with Gasteiger partial charge in [-0.05, 0) is 32.6 Å². The maximum absolute atomic E-state index is 11.3. The molecule has 15 heavy (non-hydrogen) atoms. The Labute approximate surface area is 89.9 Å². The summed E-state index contributed by atoms with van der Waals surface area (Å²) in [6, 6.07) is -0.0782. The minimum absolute atomic E-state index is 0.0753. The number of carbonyl (C=O) groups is 1. The number of sulfonamides is 1. The topological polar surface area (TPSA) is 83.5 Å². The fraction of sp³-hybridized carbons (Fsp3) is 0.889. The van der Waals surface area contributed by atoms with Crippen LogP contribution in [0.3, 0.4) is 0 Å². The van der Waals surface area contributed by atoms with Gasteiger partial charge in [-0.3, -0.25) is 4.79 Å². The second kappa shape index (κ2) is 4.94. The van der Waals surface area contributed by atoms with E-state index < -0.39 is 16.0 Å².